The Morgan fingerprint density at radius 2 is 2.04 bits per heavy atom. The Kier molecular flexibility index (Phi) is 3.81. The quantitative estimate of drug-likeness (QED) is 0.733. The van der Waals surface area contributed by atoms with Crippen LogP contribution >= 0.6 is 0 Å². The van der Waals surface area contributed by atoms with Gasteiger partial charge in [0, 0.05) is 29.7 Å². The second-order valence-corrected chi connectivity index (χ2v) is 7.07. The number of hydrogen-bond donors (Lipinski definition) is 2. The van der Waals surface area contributed by atoms with Crippen molar-refractivity contribution in [3.8, 4) is 5.75 Å². The van der Waals surface area contributed by atoms with Crippen LogP contribution in [0.25, 0.3) is 10.9 Å². The minimum atomic E-state index is 0.348. The van der Waals surface area contributed by atoms with Crippen molar-refractivity contribution in [2.45, 2.75) is 39.8 Å². The molecule has 0 aliphatic carbocycles. The van der Waals surface area contributed by atoms with Crippen LogP contribution in [-0.2, 0) is 19.5 Å². The minimum absolute atomic E-state index is 0.348. The van der Waals surface area contributed by atoms with Crippen molar-refractivity contribution in [3.05, 3.63) is 64.3 Å². The molecular formula is C21H24N2O. The molecule has 24 heavy (non-hydrogen) atoms. The van der Waals surface area contributed by atoms with Gasteiger partial charge in [-0.2, -0.15) is 0 Å². The van der Waals surface area contributed by atoms with Gasteiger partial charge in [0.25, 0.3) is 0 Å². The summed E-state index contributed by atoms with van der Waals surface area (Å²) in [5, 5.41) is 11.1. The molecule has 3 nitrogen and oxygen atoms in total. The van der Waals surface area contributed by atoms with Crippen LogP contribution < -0.4 is 0 Å². The standard InChI is InChI=1S/C21H24N2O/c1-14-9-15(2)21-18(10-14)19-13-23(8-4-7-20(19)22-21)12-16-5-3-6-17(24)11-16/h3,5-6,9-11,22,24H,4,7-8,12-13H2,1-2H3. The molecule has 3 aromatic rings. The molecule has 4 rings (SSSR count). The summed E-state index contributed by atoms with van der Waals surface area (Å²) >= 11 is 0. The number of benzene rings is 2. The van der Waals surface area contributed by atoms with E-state index in [0.29, 0.717) is 5.75 Å². The van der Waals surface area contributed by atoms with Crippen LogP contribution in [0.3, 0.4) is 0 Å². The van der Waals surface area contributed by atoms with Crippen molar-refractivity contribution in [3.63, 3.8) is 0 Å². The van der Waals surface area contributed by atoms with Crippen molar-refractivity contribution >= 4 is 10.9 Å². The highest BCUT2D eigenvalue weighted by molar-refractivity contribution is 5.88. The highest BCUT2D eigenvalue weighted by atomic mass is 16.3. The molecule has 2 heterocycles. The molecule has 0 radical (unpaired) electrons. The van der Waals surface area contributed by atoms with E-state index in [1.807, 2.05) is 12.1 Å². The molecule has 124 valence electrons. The fourth-order valence-corrected chi connectivity index (χ4v) is 3.98. The third-order valence-corrected chi connectivity index (χ3v) is 5.04. The van der Waals surface area contributed by atoms with Gasteiger partial charge in [-0.15, -0.1) is 0 Å². The number of fused-ring (bicyclic) bond motifs is 3. The normalized spacial score (nSPS) is 15.4. The van der Waals surface area contributed by atoms with Crippen LogP contribution in [0.2, 0.25) is 0 Å². The number of phenols is 1. The number of aryl methyl sites for hydroxylation is 3. The zero-order valence-electron chi connectivity index (χ0n) is 14.4. The highest BCUT2D eigenvalue weighted by Crippen LogP contribution is 2.30. The first-order chi connectivity index (χ1) is 11.6. The van der Waals surface area contributed by atoms with Crippen molar-refractivity contribution in [2.75, 3.05) is 6.54 Å². The lowest BCUT2D eigenvalue weighted by atomic mass is 10.0. The van der Waals surface area contributed by atoms with Crippen molar-refractivity contribution in [1.29, 1.82) is 0 Å². The highest BCUT2D eigenvalue weighted by Gasteiger charge is 2.20. The molecule has 1 aliphatic rings. The van der Waals surface area contributed by atoms with E-state index >= 15 is 0 Å². The largest absolute Gasteiger partial charge is 0.508 e. The Morgan fingerprint density at radius 3 is 2.88 bits per heavy atom. The summed E-state index contributed by atoms with van der Waals surface area (Å²) in [6.07, 6.45) is 2.27. The van der Waals surface area contributed by atoms with E-state index in [9.17, 15) is 5.11 Å². The van der Waals surface area contributed by atoms with Crippen LogP contribution in [0.15, 0.2) is 36.4 Å². The fraction of sp³-hybridized carbons (Fsp3) is 0.333. The first-order valence-corrected chi connectivity index (χ1v) is 8.71. The van der Waals surface area contributed by atoms with Gasteiger partial charge in [-0.1, -0.05) is 23.8 Å². The van der Waals surface area contributed by atoms with E-state index in [2.05, 4.69) is 41.9 Å². The summed E-state index contributed by atoms with van der Waals surface area (Å²) in [7, 11) is 0. The first kappa shape index (κ1) is 15.3. The Balaban J connectivity index is 1.69. The van der Waals surface area contributed by atoms with E-state index in [0.717, 1.165) is 32.5 Å². The van der Waals surface area contributed by atoms with E-state index in [-0.39, 0.29) is 0 Å². The van der Waals surface area contributed by atoms with Crippen molar-refractivity contribution in [2.24, 2.45) is 0 Å². The van der Waals surface area contributed by atoms with E-state index in [4.69, 9.17) is 0 Å². The molecule has 0 atom stereocenters. The number of phenolic OH excluding ortho intramolecular Hbond substituents is 1. The zero-order valence-corrected chi connectivity index (χ0v) is 14.4. The van der Waals surface area contributed by atoms with Crippen LogP contribution in [0, 0.1) is 13.8 Å². The molecule has 1 aromatic heterocycles. The smallest absolute Gasteiger partial charge is 0.115 e. The molecule has 1 aliphatic heterocycles. The average molecular weight is 320 g/mol. The lowest BCUT2D eigenvalue weighted by molar-refractivity contribution is 0.261. The van der Waals surface area contributed by atoms with Gasteiger partial charge in [0.05, 0.1) is 0 Å². The van der Waals surface area contributed by atoms with Crippen molar-refractivity contribution in [1.82, 2.24) is 9.88 Å². The molecular weight excluding hydrogens is 296 g/mol. The summed E-state index contributed by atoms with van der Waals surface area (Å²) in [5.74, 6) is 0.348. The summed E-state index contributed by atoms with van der Waals surface area (Å²) in [6.45, 7) is 7.30. The molecule has 0 fully saturated rings. The molecule has 0 saturated carbocycles. The SMILES string of the molecule is Cc1cc(C)c2[nH]c3c(c2c1)CN(Cc1cccc(O)c1)CCC3. The molecule has 3 heteroatoms. The Morgan fingerprint density at radius 1 is 1.17 bits per heavy atom. The fourth-order valence-electron chi connectivity index (χ4n) is 3.98. The third kappa shape index (κ3) is 2.80. The van der Waals surface area contributed by atoms with Gasteiger partial charge in [-0.3, -0.25) is 4.90 Å². The molecule has 0 unspecified atom stereocenters. The van der Waals surface area contributed by atoms with Crippen molar-refractivity contribution < 1.29 is 5.11 Å². The maximum absolute atomic E-state index is 9.70. The van der Waals surface area contributed by atoms with E-state index in [1.165, 1.54) is 38.9 Å². The topological polar surface area (TPSA) is 39.3 Å². The Hall–Kier alpha value is -2.26. The lowest BCUT2D eigenvalue weighted by Gasteiger charge is -2.20. The molecule has 2 N–H and O–H groups in total. The zero-order chi connectivity index (χ0) is 16.7. The van der Waals surface area contributed by atoms with Crippen LogP contribution in [-0.4, -0.2) is 21.5 Å². The first-order valence-electron chi connectivity index (χ1n) is 8.71. The maximum atomic E-state index is 9.70. The molecule has 0 amide bonds. The number of rotatable bonds is 2. The van der Waals surface area contributed by atoms with Gasteiger partial charge in [0.1, 0.15) is 5.75 Å². The monoisotopic (exact) mass is 320 g/mol. The van der Waals surface area contributed by atoms with Gasteiger partial charge in [-0.25, -0.2) is 0 Å². The summed E-state index contributed by atoms with van der Waals surface area (Å²) in [6, 6.07) is 12.2. The maximum Gasteiger partial charge on any atom is 0.115 e. The summed E-state index contributed by atoms with van der Waals surface area (Å²) in [4.78, 5) is 6.17. The van der Waals surface area contributed by atoms with E-state index in [1.54, 1.807) is 6.07 Å². The van der Waals surface area contributed by atoms with Gasteiger partial charge in [-0.05, 0) is 68.1 Å². The number of hydrogen-bond acceptors (Lipinski definition) is 2. The van der Waals surface area contributed by atoms with Crippen LogP contribution in [0.5, 0.6) is 5.75 Å². The average Bonchev–Trinajstić information content (AvgIpc) is 2.74. The number of aromatic hydroxyl groups is 1. The van der Waals surface area contributed by atoms with Gasteiger partial charge < -0.3 is 10.1 Å². The Bertz CT molecular complexity index is 894. The third-order valence-electron chi connectivity index (χ3n) is 5.04. The van der Waals surface area contributed by atoms with Crippen LogP contribution in [0.1, 0.15) is 34.4 Å². The number of H-pyrrole nitrogens is 1. The predicted molar refractivity (Wildman–Crippen MR) is 98.3 cm³/mol. The van der Waals surface area contributed by atoms with Gasteiger partial charge >= 0.3 is 0 Å². The molecule has 0 saturated heterocycles. The minimum Gasteiger partial charge on any atom is -0.508 e. The molecule has 0 spiro atoms. The van der Waals surface area contributed by atoms with Crippen LogP contribution in [0.4, 0.5) is 0 Å². The number of aromatic amines is 1. The van der Waals surface area contributed by atoms with Gasteiger partial charge in [0.15, 0.2) is 0 Å². The molecule has 2 aromatic carbocycles. The second kappa shape index (κ2) is 5.99. The summed E-state index contributed by atoms with van der Waals surface area (Å²) < 4.78 is 0. The number of nitrogens with zero attached hydrogens (tertiary/aromatic N) is 1. The summed E-state index contributed by atoms with van der Waals surface area (Å²) in [5.41, 5.74) is 7.98. The molecule has 0 bridgehead atoms. The Labute approximate surface area is 142 Å². The number of aromatic nitrogens is 1. The number of nitrogens with one attached hydrogen (secondary N) is 1. The van der Waals surface area contributed by atoms with E-state index < -0.39 is 0 Å². The van der Waals surface area contributed by atoms with Gasteiger partial charge in [0.2, 0.25) is 0 Å². The lowest BCUT2D eigenvalue weighted by Crippen LogP contribution is -2.22. The second-order valence-electron chi connectivity index (χ2n) is 7.07. The predicted octanol–water partition coefficient (Wildman–Crippen LogP) is 4.44.